The number of amides is 1. The molecule has 0 radical (unpaired) electrons. The lowest BCUT2D eigenvalue weighted by atomic mass is 10.0. The Morgan fingerprint density at radius 1 is 1.55 bits per heavy atom. The van der Waals surface area contributed by atoms with Gasteiger partial charge in [-0.2, -0.15) is 5.26 Å². The number of benzene rings is 1. The lowest BCUT2D eigenvalue weighted by molar-refractivity contribution is -0.385. The standard InChI is InChI=1S/C14H15N3O3/c1-10-4-2-5-12(17(19)20)13(10)14(18)16(9-3-8-15)11-6-7-11/h2,4-5,11H,3,6-7,9H2,1H3. The van der Waals surface area contributed by atoms with Gasteiger partial charge in [-0.15, -0.1) is 0 Å². The van der Waals surface area contributed by atoms with Crippen molar-refractivity contribution in [3.63, 3.8) is 0 Å². The molecular formula is C14H15N3O3. The fourth-order valence-electron chi connectivity index (χ4n) is 2.23. The molecule has 0 unspecified atom stereocenters. The largest absolute Gasteiger partial charge is 0.334 e. The van der Waals surface area contributed by atoms with Crippen molar-refractivity contribution in [2.24, 2.45) is 0 Å². The number of nitriles is 1. The SMILES string of the molecule is Cc1cccc([N+](=O)[O-])c1C(=O)N(CCC#N)C1CC1. The van der Waals surface area contributed by atoms with Gasteiger partial charge in [-0.05, 0) is 25.3 Å². The van der Waals surface area contributed by atoms with E-state index in [0.717, 1.165) is 12.8 Å². The summed E-state index contributed by atoms with van der Waals surface area (Å²) in [5.41, 5.74) is 0.562. The summed E-state index contributed by atoms with van der Waals surface area (Å²) in [5, 5.41) is 19.8. The lowest BCUT2D eigenvalue weighted by Crippen LogP contribution is -2.34. The molecule has 0 heterocycles. The minimum absolute atomic E-state index is 0.120. The van der Waals surface area contributed by atoms with Gasteiger partial charge in [0.2, 0.25) is 0 Å². The van der Waals surface area contributed by atoms with Gasteiger partial charge in [0.1, 0.15) is 5.56 Å². The molecule has 0 spiro atoms. The van der Waals surface area contributed by atoms with Gasteiger partial charge in [-0.25, -0.2) is 0 Å². The topological polar surface area (TPSA) is 87.2 Å². The highest BCUT2D eigenvalue weighted by Gasteiger charge is 2.35. The molecule has 0 N–H and O–H groups in total. The summed E-state index contributed by atoms with van der Waals surface area (Å²) in [6.07, 6.45) is 2.04. The molecule has 6 nitrogen and oxygen atoms in total. The third-order valence-corrected chi connectivity index (χ3v) is 3.37. The molecule has 0 bridgehead atoms. The molecule has 1 saturated carbocycles. The number of carbonyl (C=O) groups excluding carboxylic acids is 1. The molecule has 1 fully saturated rings. The average Bonchev–Trinajstić information content (AvgIpc) is 3.23. The zero-order valence-electron chi connectivity index (χ0n) is 11.2. The zero-order chi connectivity index (χ0) is 14.7. The van der Waals surface area contributed by atoms with E-state index in [0.29, 0.717) is 12.1 Å². The number of aryl methyl sites for hydroxylation is 1. The van der Waals surface area contributed by atoms with Crippen LogP contribution < -0.4 is 0 Å². The van der Waals surface area contributed by atoms with Crippen LogP contribution in [0.3, 0.4) is 0 Å². The Bertz CT molecular complexity index is 588. The second-order valence-corrected chi connectivity index (χ2v) is 4.86. The number of hydrogen-bond acceptors (Lipinski definition) is 4. The first-order valence-corrected chi connectivity index (χ1v) is 6.48. The van der Waals surface area contributed by atoms with Crippen LogP contribution >= 0.6 is 0 Å². The Kier molecular flexibility index (Phi) is 3.99. The Hall–Kier alpha value is -2.42. The summed E-state index contributed by atoms with van der Waals surface area (Å²) in [4.78, 5) is 24.7. The Labute approximate surface area is 116 Å². The van der Waals surface area contributed by atoms with Crippen molar-refractivity contribution in [1.82, 2.24) is 4.90 Å². The smallest absolute Gasteiger partial charge is 0.282 e. The van der Waals surface area contributed by atoms with E-state index in [2.05, 4.69) is 0 Å². The third kappa shape index (κ3) is 2.77. The highest BCUT2D eigenvalue weighted by Crippen LogP contribution is 2.31. The first-order valence-electron chi connectivity index (χ1n) is 6.48. The van der Waals surface area contributed by atoms with E-state index in [1.54, 1.807) is 24.0 Å². The number of rotatable bonds is 5. The van der Waals surface area contributed by atoms with Crippen LogP contribution in [0.5, 0.6) is 0 Å². The normalized spacial score (nSPS) is 13.6. The van der Waals surface area contributed by atoms with Crippen molar-refractivity contribution < 1.29 is 9.72 Å². The van der Waals surface area contributed by atoms with Gasteiger partial charge in [0.15, 0.2) is 0 Å². The van der Waals surface area contributed by atoms with Gasteiger partial charge in [0, 0.05) is 18.7 Å². The minimum atomic E-state index is -0.532. The highest BCUT2D eigenvalue weighted by molar-refractivity contribution is 5.99. The predicted octanol–water partition coefficient (Wildman–Crippen LogP) is 2.42. The number of nitro groups is 1. The third-order valence-electron chi connectivity index (χ3n) is 3.37. The molecule has 6 heteroatoms. The van der Waals surface area contributed by atoms with Crippen molar-refractivity contribution in [2.45, 2.75) is 32.2 Å². The predicted molar refractivity (Wildman–Crippen MR) is 72.1 cm³/mol. The van der Waals surface area contributed by atoms with Crippen LogP contribution in [0.15, 0.2) is 18.2 Å². The van der Waals surface area contributed by atoms with E-state index in [-0.39, 0.29) is 29.6 Å². The van der Waals surface area contributed by atoms with E-state index in [9.17, 15) is 14.9 Å². The summed E-state index contributed by atoms with van der Waals surface area (Å²) < 4.78 is 0. The molecule has 1 aliphatic carbocycles. The fourth-order valence-corrected chi connectivity index (χ4v) is 2.23. The van der Waals surface area contributed by atoms with E-state index < -0.39 is 4.92 Å². The first kappa shape index (κ1) is 14.0. The molecule has 1 aliphatic rings. The maximum absolute atomic E-state index is 12.6. The van der Waals surface area contributed by atoms with Crippen molar-refractivity contribution in [3.8, 4) is 6.07 Å². The number of hydrogen-bond donors (Lipinski definition) is 0. The summed E-state index contributed by atoms with van der Waals surface area (Å²) in [6, 6.07) is 6.74. The molecule has 104 valence electrons. The Morgan fingerprint density at radius 3 is 2.80 bits per heavy atom. The van der Waals surface area contributed by atoms with Gasteiger partial charge < -0.3 is 4.90 Å². The molecule has 0 atom stereocenters. The van der Waals surface area contributed by atoms with E-state index in [1.807, 2.05) is 6.07 Å². The van der Waals surface area contributed by atoms with Crippen LogP contribution in [0.4, 0.5) is 5.69 Å². The highest BCUT2D eigenvalue weighted by atomic mass is 16.6. The van der Waals surface area contributed by atoms with Crippen LogP contribution in [-0.4, -0.2) is 28.3 Å². The van der Waals surface area contributed by atoms with Gasteiger partial charge in [-0.3, -0.25) is 14.9 Å². The van der Waals surface area contributed by atoms with Gasteiger partial charge in [-0.1, -0.05) is 12.1 Å². The lowest BCUT2D eigenvalue weighted by Gasteiger charge is -2.22. The molecule has 2 rings (SSSR count). The summed E-state index contributed by atoms with van der Waals surface area (Å²) >= 11 is 0. The van der Waals surface area contributed by atoms with Gasteiger partial charge in [0.05, 0.1) is 17.4 Å². The van der Waals surface area contributed by atoms with E-state index in [4.69, 9.17) is 5.26 Å². The molecule has 0 aromatic heterocycles. The molecule has 1 aromatic carbocycles. The second-order valence-electron chi connectivity index (χ2n) is 4.86. The Balaban J connectivity index is 2.36. The molecular weight excluding hydrogens is 258 g/mol. The van der Waals surface area contributed by atoms with Crippen molar-refractivity contribution in [1.29, 1.82) is 5.26 Å². The zero-order valence-corrected chi connectivity index (χ0v) is 11.2. The molecule has 20 heavy (non-hydrogen) atoms. The maximum Gasteiger partial charge on any atom is 0.282 e. The molecule has 0 saturated heterocycles. The second kappa shape index (κ2) is 5.70. The number of carbonyl (C=O) groups is 1. The summed E-state index contributed by atoms with van der Waals surface area (Å²) in [6.45, 7) is 2.01. The maximum atomic E-state index is 12.6. The van der Waals surface area contributed by atoms with Crippen LogP contribution in [0, 0.1) is 28.4 Å². The molecule has 1 aromatic rings. The first-order chi connectivity index (χ1) is 9.56. The monoisotopic (exact) mass is 273 g/mol. The molecule has 0 aliphatic heterocycles. The summed E-state index contributed by atoms with van der Waals surface area (Å²) in [5.74, 6) is -0.340. The van der Waals surface area contributed by atoms with Crippen LogP contribution in [0.2, 0.25) is 0 Å². The van der Waals surface area contributed by atoms with Crippen LogP contribution in [0.25, 0.3) is 0 Å². The van der Waals surface area contributed by atoms with E-state index in [1.165, 1.54) is 6.07 Å². The number of nitrogens with zero attached hydrogens (tertiary/aromatic N) is 3. The number of nitro benzene ring substituents is 1. The quantitative estimate of drug-likeness (QED) is 0.608. The minimum Gasteiger partial charge on any atom is -0.334 e. The van der Waals surface area contributed by atoms with Crippen LogP contribution in [0.1, 0.15) is 35.2 Å². The van der Waals surface area contributed by atoms with Gasteiger partial charge in [0.25, 0.3) is 11.6 Å². The fraction of sp³-hybridized carbons (Fsp3) is 0.429. The Morgan fingerprint density at radius 2 is 2.25 bits per heavy atom. The van der Waals surface area contributed by atoms with Crippen molar-refractivity contribution in [2.75, 3.05) is 6.54 Å². The van der Waals surface area contributed by atoms with Gasteiger partial charge >= 0.3 is 0 Å². The summed E-state index contributed by atoms with van der Waals surface area (Å²) in [7, 11) is 0. The van der Waals surface area contributed by atoms with Crippen molar-refractivity contribution in [3.05, 3.63) is 39.4 Å². The van der Waals surface area contributed by atoms with Crippen LogP contribution in [-0.2, 0) is 0 Å². The van der Waals surface area contributed by atoms with Crippen molar-refractivity contribution >= 4 is 11.6 Å². The van der Waals surface area contributed by atoms with E-state index >= 15 is 0 Å². The average molecular weight is 273 g/mol. The molecule has 1 amide bonds.